The molecule has 1 aliphatic rings. The highest BCUT2D eigenvalue weighted by atomic mass is 35.7. The molecule has 0 aromatic rings. The van der Waals surface area contributed by atoms with Gasteiger partial charge in [-0.15, -0.1) is 0 Å². The van der Waals surface area contributed by atoms with Crippen LogP contribution in [0.3, 0.4) is 0 Å². The highest BCUT2D eigenvalue weighted by Gasteiger charge is 2.26. The molecule has 4 nitrogen and oxygen atoms in total. The van der Waals surface area contributed by atoms with Crippen molar-refractivity contribution in [3.05, 3.63) is 0 Å². The van der Waals surface area contributed by atoms with Crippen molar-refractivity contribution < 1.29 is 17.9 Å². The van der Waals surface area contributed by atoms with Gasteiger partial charge in [0.05, 0.1) is 31.7 Å². The lowest BCUT2D eigenvalue weighted by Gasteiger charge is -2.34. The molecule has 0 aromatic carbocycles. The molecular weight excluding hydrogens is 276 g/mol. The molecule has 1 rings (SSSR count). The Hall–Kier alpha value is 0.160. The van der Waals surface area contributed by atoms with Crippen LogP contribution in [0.5, 0.6) is 0 Å². The van der Waals surface area contributed by atoms with Gasteiger partial charge in [-0.3, -0.25) is 0 Å². The molecule has 0 N–H and O–H groups in total. The smallest absolute Gasteiger partial charge is 0.234 e. The van der Waals surface area contributed by atoms with Gasteiger partial charge in [0.2, 0.25) is 9.05 Å². The van der Waals surface area contributed by atoms with Crippen molar-refractivity contribution in [2.45, 2.75) is 45.6 Å². The predicted molar refractivity (Wildman–Crippen MR) is 72.4 cm³/mol. The molecule has 0 atom stereocenters. The molecule has 1 saturated carbocycles. The van der Waals surface area contributed by atoms with Crippen molar-refractivity contribution in [1.29, 1.82) is 0 Å². The zero-order valence-electron chi connectivity index (χ0n) is 11.2. The van der Waals surface area contributed by atoms with E-state index in [0.717, 1.165) is 12.8 Å². The van der Waals surface area contributed by atoms with E-state index in [-0.39, 0.29) is 12.4 Å². The zero-order chi connectivity index (χ0) is 13.6. The van der Waals surface area contributed by atoms with Gasteiger partial charge in [-0.25, -0.2) is 8.42 Å². The van der Waals surface area contributed by atoms with Crippen LogP contribution in [-0.4, -0.2) is 40.1 Å². The third kappa shape index (κ3) is 7.56. The van der Waals surface area contributed by atoms with Crippen LogP contribution >= 0.6 is 10.7 Å². The first-order valence-corrected chi connectivity index (χ1v) is 8.88. The van der Waals surface area contributed by atoms with Gasteiger partial charge in [0.25, 0.3) is 0 Å². The fourth-order valence-electron chi connectivity index (χ4n) is 2.07. The summed E-state index contributed by atoms with van der Waals surface area (Å²) in [5.41, 5.74) is 0.449. The van der Waals surface area contributed by atoms with E-state index >= 15 is 0 Å². The van der Waals surface area contributed by atoms with Crippen LogP contribution in [-0.2, 0) is 18.5 Å². The van der Waals surface area contributed by atoms with Gasteiger partial charge >= 0.3 is 0 Å². The number of rotatable bonds is 7. The fourth-order valence-corrected chi connectivity index (χ4v) is 2.58. The van der Waals surface area contributed by atoms with Crippen molar-refractivity contribution in [2.24, 2.45) is 5.41 Å². The van der Waals surface area contributed by atoms with Crippen LogP contribution in [0.2, 0.25) is 0 Å². The Morgan fingerprint density at radius 1 is 1.17 bits per heavy atom. The molecule has 0 amide bonds. The van der Waals surface area contributed by atoms with Crippen LogP contribution in [0, 0.1) is 5.41 Å². The molecular formula is C12H23ClO4S. The summed E-state index contributed by atoms with van der Waals surface area (Å²) in [7, 11) is 1.62. The zero-order valence-corrected chi connectivity index (χ0v) is 12.7. The first-order valence-electron chi connectivity index (χ1n) is 6.40. The summed E-state index contributed by atoms with van der Waals surface area (Å²) in [4.78, 5) is 0. The lowest BCUT2D eigenvalue weighted by molar-refractivity contribution is -0.0229. The molecule has 1 fully saturated rings. The minimum absolute atomic E-state index is 0.132. The lowest BCUT2D eigenvalue weighted by atomic mass is 9.76. The molecule has 6 heteroatoms. The monoisotopic (exact) mass is 298 g/mol. The van der Waals surface area contributed by atoms with Gasteiger partial charge in [-0.2, -0.15) is 0 Å². The van der Waals surface area contributed by atoms with E-state index in [4.69, 9.17) is 20.2 Å². The summed E-state index contributed by atoms with van der Waals surface area (Å²) in [6.07, 6.45) is 4.93. The van der Waals surface area contributed by atoms with Gasteiger partial charge in [0.1, 0.15) is 0 Å². The summed E-state index contributed by atoms with van der Waals surface area (Å²) in [6, 6.07) is 0. The van der Waals surface area contributed by atoms with E-state index in [1.165, 1.54) is 12.8 Å². The Balaban J connectivity index is 1.99. The van der Waals surface area contributed by atoms with Crippen LogP contribution in [0.25, 0.3) is 0 Å². The number of halogens is 1. The second kappa shape index (κ2) is 7.08. The maximum Gasteiger partial charge on any atom is 0.234 e. The minimum atomic E-state index is -3.44. The molecule has 0 bridgehead atoms. The predicted octanol–water partition coefficient (Wildman–Crippen LogP) is 2.56. The Morgan fingerprint density at radius 3 is 2.33 bits per heavy atom. The standard InChI is InChI=1S/C12H23ClO4S/c1-12(2)5-3-11(4-6-12)17-8-7-16-9-10-18(13,14)15/h11H,3-10H2,1-2H3. The Bertz CT molecular complexity index is 330. The average molecular weight is 299 g/mol. The van der Waals surface area contributed by atoms with E-state index < -0.39 is 9.05 Å². The van der Waals surface area contributed by atoms with Gasteiger partial charge < -0.3 is 9.47 Å². The highest BCUT2D eigenvalue weighted by molar-refractivity contribution is 8.13. The second-order valence-electron chi connectivity index (χ2n) is 5.59. The third-order valence-corrected chi connectivity index (χ3v) is 4.46. The number of hydrogen-bond donors (Lipinski definition) is 0. The van der Waals surface area contributed by atoms with Gasteiger partial charge in [-0.1, -0.05) is 13.8 Å². The quantitative estimate of drug-likeness (QED) is 0.535. The van der Waals surface area contributed by atoms with E-state index in [9.17, 15) is 8.42 Å². The normalized spacial score (nSPS) is 21.1. The SMILES string of the molecule is CC1(C)CCC(OCCOCCS(=O)(=O)Cl)CC1. The fraction of sp³-hybridized carbons (Fsp3) is 1.00. The van der Waals surface area contributed by atoms with E-state index in [1.54, 1.807) is 0 Å². The molecule has 0 radical (unpaired) electrons. The topological polar surface area (TPSA) is 52.6 Å². The highest BCUT2D eigenvalue weighted by Crippen LogP contribution is 2.35. The molecule has 0 unspecified atom stereocenters. The van der Waals surface area contributed by atoms with Crippen molar-refractivity contribution in [3.8, 4) is 0 Å². The van der Waals surface area contributed by atoms with Gasteiger partial charge in [0, 0.05) is 10.7 Å². The molecule has 1 aliphatic carbocycles. The average Bonchev–Trinajstić information content (AvgIpc) is 2.23. The van der Waals surface area contributed by atoms with Crippen LogP contribution < -0.4 is 0 Å². The van der Waals surface area contributed by atoms with Crippen molar-refractivity contribution in [3.63, 3.8) is 0 Å². The Kier molecular flexibility index (Phi) is 6.38. The van der Waals surface area contributed by atoms with E-state index in [2.05, 4.69) is 13.8 Å². The summed E-state index contributed by atoms with van der Waals surface area (Å²) in [5.74, 6) is -0.147. The molecule has 108 valence electrons. The molecule has 0 saturated heterocycles. The number of hydrogen-bond acceptors (Lipinski definition) is 4. The molecule has 0 aromatic heterocycles. The third-order valence-electron chi connectivity index (χ3n) is 3.34. The molecule has 0 aliphatic heterocycles. The van der Waals surface area contributed by atoms with E-state index in [1.807, 2.05) is 0 Å². The summed E-state index contributed by atoms with van der Waals surface area (Å²) < 4.78 is 32.1. The Labute approximate surface area is 114 Å². The largest absolute Gasteiger partial charge is 0.378 e. The van der Waals surface area contributed by atoms with Crippen LogP contribution in [0.15, 0.2) is 0 Å². The number of ether oxygens (including phenoxy) is 2. The van der Waals surface area contributed by atoms with Gasteiger partial charge in [-0.05, 0) is 31.1 Å². The molecule has 0 spiro atoms. The summed E-state index contributed by atoms with van der Waals surface area (Å²) in [6.45, 7) is 5.66. The maximum absolute atomic E-state index is 10.6. The first-order chi connectivity index (χ1) is 8.29. The Morgan fingerprint density at radius 2 is 1.78 bits per heavy atom. The van der Waals surface area contributed by atoms with E-state index in [0.29, 0.717) is 24.7 Å². The minimum Gasteiger partial charge on any atom is -0.378 e. The van der Waals surface area contributed by atoms with Crippen molar-refractivity contribution in [2.75, 3.05) is 25.6 Å². The van der Waals surface area contributed by atoms with Crippen LogP contribution in [0.4, 0.5) is 0 Å². The molecule has 18 heavy (non-hydrogen) atoms. The summed E-state index contributed by atoms with van der Waals surface area (Å²) in [5, 5.41) is 0. The maximum atomic E-state index is 10.6. The molecule has 0 heterocycles. The summed E-state index contributed by atoms with van der Waals surface area (Å²) >= 11 is 0. The lowest BCUT2D eigenvalue weighted by Crippen LogP contribution is -2.27. The second-order valence-corrected chi connectivity index (χ2v) is 8.49. The first kappa shape index (κ1) is 16.2. The van der Waals surface area contributed by atoms with Crippen LogP contribution in [0.1, 0.15) is 39.5 Å². The van der Waals surface area contributed by atoms with Gasteiger partial charge in [0.15, 0.2) is 0 Å². The van der Waals surface area contributed by atoms with Crippen molar-refractivity contribution in [1.82, 2.24) is 0 Å². The van der Waals surface area contributed by atoms with Crippen molar-refractivity contribution >= 4 is 19.7 Å².